The van der Waals surface area contributed by atoms with Gasteiger partial charge in [0.2, 0.25) is 0 Å². The summed E-state index contributed by atoms with van der Waals surface area (Å²) in [6, 6.07) is 0.487. The lowest BCUT2D eigenvalue weighted by atomic mass is 9.93. The molecule has 2 amide bonds. The van der Waals surface area contributed by atoms with Gasteiger partial charge in [0.1, 0.15) is 0 Å². The summed E-state index contributed by atoms with van der Waals surface area (Å²) >= 11 is 0. The van der Waals surface area contributed by atoms with Gasteiger partial charge in [0, 0.05) is 18.6 Å². The number of carbonyl (C=O) groups is 1. The average molecular weight is 271 g/mol. The average Bonchev–Trinajstić information content (AvgIpc) is 2.40. The molecule has 1 atom stereocenters. The van der Waals surface area contributed by atoms with Crippen LogP contribution >= 0.6 is 0 Å². The molecular weight excluding hydrogens is 242 g/mol. The van der Waals surface area contributed by atoms with Crippen molar-refractivity contribution in [3.63, 3.8) is 0 Å². The predicted octanol–water partition coefficient (Wildman–Crippen LogP) is 1.32. The zero-order chi connectivity index (χ0) is 14.3. The third kappa shape index (κ3) is 5.78. The summed E-state index contributed by atoms with van der Waals surface area (Å²) in [6.45, 7) is 9.07. The second kappa shape index (κ2) is 8.38. The van der Waals surface area contributed by atoms with Crippen LogP contribution in [-0.4, -0.2) is 53.9 Å². The van der Waals surface area contributed by atoms with Crippen LogP contribution in [-0.2, 0) is 0 Å². The Bertz CT molecular complexity index is 261. The molecule has 112 valence electrons. The van der Waals surface area contributed by atoms with Crippen LogP contribution < -0.4 is 10.6 Å². The summed E-state index contributed by atoms with van der Waals surface area (Å²) in [6.07, 6.45) is 3.16. The number of nitrogens with zero attached hydrogens (tertiary/aromatic N) is 1. The van der Waals surface area contributed by atoms with E-state index in [0.29, 0.717) is 12.6 Å². The minimum absolute atomic E-state index is 0.0830. The lowest BCUT2D eigenvalue weighted by molar-refractivity contribution is 0.117. The van der Waals surface area contributed by atoms with Crippen molar-refractivity contribution in [1.82, 2.24) is 15.5 Å². The van der Waals surface area contributed by atoms with Crippen LogP contribution in [0, 0.1) is 0 Å². The van der Waals surface area contributed by atoms with E-state index < -0.39 is 0 Å². The molecule has 0 saturated heterocycles. The maximum atomic E-state index is 11.8. The van der Waals surface area contributed by atoms with Gasteiger partial charge in [-0.3, -0.25) is 4.90 Å². The van der Waals surface area contributed by atoms with Crippen molar-refractivity contribution < 1.29 is 9.90 Å². The van der Waals surface area contributed by atoms with Crippen LogP contribution in [0.1, 0.15) is 46.5 Å². The van der Waals surface area contributed by atoms with Crippen molar-refractivity contribution >= 4 is 6.03 Å². The molecule has 0 aromatic heterocycles. The standard InChI is InChI=1S/C14H29N3O2/c1-4-17(5-2)11(3)10-15-14(19)16-12-6-8-13(18)9-7-12/h11-13,18H,4-10H2,1-3H3,(H2,15,16,19). The molecular formula is C14H29N3O2. The van der Waals surface area contributed by atoms with E-state index in [1.165, 1.54) is 0 Å². The fourth-order valence-corrected chi connectivity index (χ4v) is 2.67. The summed E-state index contributed by atoms with van der Waals surface area (Å²) in [4.78, 5) is 14.1. The molecule has 0 aromatic rings. The van der Waals surface area contributed by atoms with Crippen LogP contribution in [0.3, 0.4) is 0 Å². The summed E-state index contributed by atoms with van der Waals surface area (Å²) in [5.74, 6) is 0. The van der Waals surface area contributed by atoms with Gasteiger partial charge in [0.05, 0.1) is 6.10 Å². The SMILES string of the molecule is CCN(CC)C(C)CNC(=O)NC1CCC(O)CC1. The van der Waals surface area contributed by atoms with E-state index in [2.05, 4.69) is 36.3 Å². The summed E-state index contributed by atoms with van der Waals surface area (Å²) in [7, 11) is 0. The van der Waals surface area contributed by atoms with E-state index in [9.17, 15) is 9.90 Å². The van der Waals surface area contributed by atoms with Gasteiger partial charge < -0.3 is 15.7 Å². The largest absolute Gasteiger partial charge is 0.393 e. The Morgan fingerprint density at radius 2 is 1.84 bits per heavy atom. The third-order valence-electron chi connectivity index (χ3n) is 4.03. The summed E-state index contributed by atoms with van der Waals surface area (Å²) in [5.41, 5.74) is 0. The Balaban J connectivity index is 2.20. The molecule has 3 N–H and O–H groups in total. The zero-order valence-electron chi connectivity index (χ0n) is 12.5. The predicted molar refractivity (Wildman–Crippen MR) is 77.2 cm³/mol. The van der Waals surface area contributed by atoms with Crippen molar-refractivity contribution in [1.29, 1.82) is 0 Å². The Morgan fingerprint density at radius 3 is 2.37 bits per heavy atom. The molecule has 1 unspecified atom stereocenters. The van der Waals surface area contributed by atoms with E-state index >= 15 is 0 Å². The molecule has 0 spiro atoms. The first-order valence-electron chi connectivity index (χ1n) is 7.53. The van der Waals surface area contributed by atoms with Crippen LogP contribution in [0.5, 0.6) is 0 Å². The first-order valence-corrected chi connectivity index (χ1v) is 7.53. The number of carbonyl (C=O) groups excluding carboxylic acids is 1. The molecule has 1 rings (SSSR count). The van der Waals surface area contributed by atoms with E-state index in [4.69, 9.17) is 0 Å². The fourth-order valence-electron chi connectivity index (χ4n) is 2.67. The van der Waals surface area contributed by atoms with Crippen molar-refractivity contribution in [3.8, 4) is 0 Å². The number of aliphatic hydroxyl groups excluding tert-OH is 1. The third-order valence-corrected chi connectivity index (χ3v) is 4.03. The number of rotatable bonds is 6. The molecule has 5 nitrogen and oxygen atoms in total. The quantitative estimate of drug-likeness (QED) is 0.682. The van der Waals surface area contributed by atoms with Crippen molar-refractivity contribution in [2.75, 3.05) is 19.6 Å². The lowest BCUT2D eigenvalue weighted by Crippen LogP contribution is -2.48. The fraction of sp³-hybridized carbons (Fsp3) is 0.929. The highest BCUT2D eigenvalue weighted by atomic mass is 16.3. The van der Waals surface area contributed by atoms with Gasteiger partial charge >= 0.3 is 6.03 Å². The molecule has 0 aliphatic heterocycles. The normalized spacial score (nSPS) is 25.1. The number of hydrogen-bond acceptors (Lipinski definition) is 3. The number of amides is 2. The van der Waals surface area contributed by atoms with E-state index in [1.807, 2.05) is 0 Å². The van der Waals surface area contributed by atoms with E-state index in [1.54, 1.807) is 0 Å². The maximum Gasteiger partial charge on any atom is 0.315 e. The molecule has 1 saturated carbocycles. The molecule has 1 aliphatic rings. The van der Waals surface area contributed by atoms with Gasteiger partial charge in [-0.2, -0.15) is 0 Å². The molecule has 0 bridgehead atoms. The number of urea groups is 1. The molecule has 0 radical (unpaired) electrons. The van der Waals surface area contributed by atoms with Gasteiger partial charge in [-0.25, -0.2) is 4.79 Å². The highest BCUT2D eigenvalue weighted by Gasteiger charge is 2.21. The Hall–Kier alpha value is -0.810. The lowest BCUT2D eigenvalue weighted by Gasteiger charge is -2.28. The molecule has 1 aliphatic carbocycles. The molecule has 1 fully saturated rings. The van der Waals surface area contributed by atoms with Crippen molar-refractivity contribution in [2.45, 2.75) is 64.6 Å². The van der Waals surface area contributed by atoms with Gasteiger partial charge in [0.25, 0.3) is 0 Å². The zero-order valence-corrected chi connectivity index (χ0v) is 12.5. The van der Waals surface area contributed by atoms with Gasteiger partial charge in [-0.05, 0) is 45.7 Å². The first kappa shape index (κ1) is 16.2. The highest BCUT2D eigenvalue weighted by molar-refractivity contribution is 5.74. The molecule has 0 heterocycles. The summed E-state index contributed by atoms with van der Waals surface area (Å²) in [5, 5.41) is 15.3. The van der Waals surface area contributed by atoms with Crippen LogP contribution in [0.4, 0.5) is 4.79 Å². The van der Waals surface area contributed by atoms with Crippen LogP contribution in [0.2, 0.25) is 0 Å². The Kier molecular flexibility index (Phi) is 7.16. The van der Waals surface area contributed by atoms with E-state index in [0.717, 1.165) is 38.8 Å². The second-order valence-corrected chi connectivity index (χ2v) is 5.43. The van der Waals surface area contributed by atoms with Gasteiger partial charge in [-0.1, -0.05) is 13.8 Å². The number of nitrogens with one attached hydrogen (secondary N) is 2. The van der Waals surface area contributed by atoms with Crippen LogP contribution in [0.25, 0.3) is 0 Å². The summed E-state index contributed by atoms with van der Waals surface area (Å²) < 4.78 is 0. The van der Waals surface area contributed by atoms with Gasteiger partial charge in [0.15, 0.2) is 0 Å². The second-order valence-electron chi connectivity index (χ2n) is 5.43. The number of aliphatic hydroxyl groups is 1. The topological polar surface area (TPSA) is 64.6 Å². The van der Waals surface area contributed by atoms with Gasteiger partial charge in [-0.15, -0.1) is 0 Å². The Labute approximate surface area is 116 Å². The number of hydrogen-bond donors (Lipinski definition) is 3. The van der Waals surface area contributed by atoms with Crippen LogP contribution in [0.15, 0.2) is 0 Å². The minimum Gasteiger partial charge on any atom is -0.393 e. The Morgan fingerprint density at radius 1 is 1.26 bits per heavy atom. The smallest absolute Gasteiger partial charge is 0.315 e. The maximum absolute atomic E-state index is 11.8. The molecule has 19 heavy (non-hydrogen) atoms. The first-order chi connectivity index (χ1) is 9.06. The van der Waals surface area contributed by atoms with Crippen molar-refractivity contribution in [3.05, 3.63) is 0 Å². The van der Waals surface area contributed by atoms with Crippen molar-refractivity contribution in [2.24, 2.45) is 0 Å². The minimum atomic E-state index is -0.177. The highest BCUT2D eigenvalue weighted by Crippen LogP contribution is 2.17. The van der Waals surface area contributed by atoms with E-state index in [-0.39, 0.29) is 18.2 Å². The molecule has 0 aromatic carbocycles. The monoisotopic (exact) mass is 271 g/mol. The number of likely N-dealkylation sites (N-methyl/N-ethyl adjacent to an activating group) is 1. The molecule has 5 heteroatoms.